The molecule has 6 nitrogen and oxygen atoms in total. The van der Waals surface area contributed by atoms with Crippen molar-refractivity contribution in [2.75, 3.05) is 47.5 Å². The summed E-state index contributed by atoms with van der Waals surface area (Å²) in [5.74, 6) is 1.50. The van der Waals surface area contributed by atoms with Crippen LogP contribution in [0.5, 0.6) is 11.5 Å². The smallest absolute Gasteiger partial charge is 0.227 e. The molecule has 2 saturated heterocycles. The summed E-state index contributed by atoms with van der Waals surface area (Å²) in [5, 5.41) is 10.0. The van der Waals surface area contributed by atoms with E-state index in [-0.39, 0.29) is 24.0 Å². The first kappa shape index (κ1) is 19.0. The van der Waals surface area contributed by atoms with Crippen molar-refractivity contribution in [1.82, 2.24) is 9.80 Å². The van der Waals surface area contributed by atoms with Crippen molar-refractivity contribution in [3.05, 3.63) is 23.8 Å². The van der Waals surface area contributed by atoms with Gasteiger partial charge in [0.15, 0.2) is 0 Å². The van der Waals surface area contributed by atoms with Crippen molar-refractivity contribution >= 4 is 5.91 Å². The van der Waals surface area contributed by atoms with Gasteiger partial charge in [0.1, 0.15) is 11.5 Å². The van der Waals surface area contributed by atoms with Crippen LogP contribution in [0.3, 0.4) is 0 Å². The molecule has 1 N–H and O–H groups in total. The number of methoxy groups -OCH3 is 2. The molecule has 2 fully saturated rings. The number of benzene rings is 1. The molecule has 144 valence electrons. The molecule has 26 heavy (non-hydrogen) atoms. The molecule has 2 aliphatic rings. The van der Waals surface area contributed by atoms with Crippen molar-refractivity contribution in [3.8, 4) is 11.5 Å². The molecule has 0 bridgehead atoms. The van der Waals surface area contributed by atoms with Gasteiger partial charge in [0.05, 0.1) is 27.2 Å². The normalized spacial score (nSPS) is 26.3. The van der Waals surface area contributed by atoms with Gasteiger partial charge in [-0.25, -0.2) is 0 Å². The molecule has 0 aliphatic carbocycles. The van der Waals surface area contributed by atoms with Crippen LogP contribution in [0.15, 0.2) is 18.2 Å². The van der Waals surface area contributed by atoms with Gasteiger partial charge < -0.3 is 24.4 Å². The first-order valence-corrected chi connectivity index (χ1v) is 9.33. The second-order valence-electron chi connectivity index (χ2n) is 7.56. The fraction of sp³-hybridized carbons (Fsp3) is 0.650. The summed E-state index contributed by atoms with van der Waals surface area (Å²) in [6.07, 6.45) is 3.34. The number of carbonyl (C=O) groups excluding carboxylic acids is 1. The first-order chi connectivity index (χ1) is 12.5. The predicted molar refractivity (Wildman–Crippen MR) is 99.6 cm³/mol. The molecule has 0 unspecified atom stereocenters. The fourth-order valence-corrected chi connectivity index (χ4v) is 4.52. The quantitative estimate of drug-likeness (QED) is 0.861. The monoisotopic (exact) mass is 362 g/mol. The van der Waals surface area contributed by atoms with E-state index in [0.29, 0.717) is 31.0 Å². The molecular weight excluding hydrogens is 332 g/mol. The molecule has 0 spiro atoms. The van der Waals surface area contributed by atoms with Gasteiger partial charge in [-0.3, -0.25) is 4.79 Å². The van der Waals surface area contributed by atoms with Crippen LogP contribution in [0.1, 0.15) is 24.8 Å². The molecule has 2 aliphatic heterocycles. The lowest BCUT2D eigenvalue weighted by molar-refractivity contribution is -0.139. The van der Waals surface area contributed by atoms with Crippen LogP contribution in [0.4, 0.5) is 0 Å². The average Bonchev–Trinajstić information content (AvgIpc) is 2.68. The highest BCUT2D eigenvalue weighted by Gasteiger charge is 2.47. The average molecular weight is 362 g/mol. The number of carbonyl (C=O) groups is 1. The number of likely N-dealkylation sites (tertiary alicyclic amines) is 2. The third kappa shape index (κ3) is 3.53. The van der Waals surface area contributed by atoms with Crippen molar-refractivity contribution in [2.24, 2.45) is 5.41 Å². The molecule has 0 aromatic heterocycles. The van der Waals surface area contributed by atoms with Crippen LogP contribution in [0.2, 0.25) is 0 Å². The zero-order valence-corrected chi connectivity index (χ0v) is 16.0. The van der Waals surface area contributed by atoms with Gasteiger partial charge in [-0.15, -0.1) is 0 Å². The van der Waals surface area contributed by atoms with Gasteiger partial charge in [-0.1, -0.05) is 6.07 Å². The number of piperidine rings is 2. The van der Waals surface area contributed by atoms with Crippen LogP contribution >= 0.6 is 0 Å². The van der Waals surface area contributed by atoms with E-state index in [0.717, 1.165) is 31.4 Å². The van der Waals surface area contributed by atoms with Crippen LogP contribution in [-0.4, -0.2) is 74.4 Å². The maximum atomic E-state index is 12.9. The molecule has 0 radical (unpaired) electrons. The minimum Gasteiger partial charge on any atom is -0.497 e. The molecule has 1 aromatic rings. The summed E-state index contributed by atoms with van der Waals surface area (Å²) < 4.78 is 10.6. The van der Waals surface area contributed by atoms with E-state index in [1.165, 1.54) is 0 Å². The van der Waals surface area contributed by atoms with Crippen molar-refractivity contribution < 1.29 is 19.4 Å². The standard InChI is InChI=1S/C20H30N2O4/c1-21-9-4-7-20(14-23)8-10-22(13-18(20)21)19(24)11-15-5-6-16(25-2)12-17(15)26-3/h5-6,12,18,23H,4,7-11,13-14H2,1-3H3/t18-,20-/m1/s1. The Labute approximate surface area is 155 Å². The Kier molecular flexibility index (Phi) is 5.73. The Bertz CT molecular complexity index is 651. The van der Waals surface area contributed by atoms with Crippen LogP contribution in [0.25, 0.3) is 0 Å². The Morgan fingerprint density at radius 2 is 2.08 bits per heavy atom. The Morgan fingerprint density at radius 1 is 1.27 bits per heavy atom. The predicted octanol–water partition coefficient (Wildman–Crippen LogP) is 1.55. The summed E-state index contributed by atoms with van der Waals surface area (Å²) in [5.41, 5.74) is 0.816. The summed E-state index contributed by atoms with van der Waals surface area (Å²) in [6.45, 7) is 2.63. The second-order valence-corrected chi connectivity index (χ2v) is 7.56. The fourth-order valence-electron chi connectivity index (χ4n) is 4.52. The van der Waals surface area contributed by atoms with Crippen molar-refractivity contribution in [3.63, 3.8) is 0 Å². The van der Waals surface area contributed by atoms with Gasteiger partial charge >= 0.3 is 0 Å². The first-order valence-electron chi connectivity index (χ1n) is 9.33. The molecule has 1 amide bonds. The number of ether oxygens (including phenoxy) is 2. The number of aliphatic hydroxyl groups is 1. The highest BCUT2D eigenvalue weighted by molar-refractivity contribution is 5.80. The summed E-state index contributed by atoms with van der Waals surface area (Å²) in [6, 6.07) is 5.79. The van der Waals surface area contributed by atoms with Crippen LogP contribution in [-0.2, 0) is 11.2 Å². The lowest BCUT2D eigenvalue weighted by Gasteiger charge is -2.53. The maximum Gasteiger partial charge on any atom is 0.227 e. The van der Waals surface area contributed by atoms with Gasteiger partial charge in [0.2, 0.25) is 5.91 Å². The Morgan fingerprint density at radius 3 is 2.77 bits per heavy atom. The molecule has 6 heteroatoms. The molecule has 2 heterocycles. The van der Waals surface area contributed by atoms with Gasteiger partial charge in [0, 0.05) is 36.2 Å². The van der Waals surface area contributed by atoms with E-state index < -0.39 is 0 Å². The van der Waals surface area contributed by atoms with Gasteiger partial charge in [-0.05, 0) is 38.9 Å². The number of nitrogens with zero attached hydrogens (tertiary/aromatic N) is 2. The third-order valence-corrected chi connectivity index (χ3v) is 6.20. The van der Waals surface area contributed by atoms with E-state index in [9.17, 15) is 9.90 Å². The number of hydrogen-bond acceptors (Lipinski definition) is 5. The lowest BCUT2D eigenvalue weighted by atomic mass is 9.69. The van der Waals surface area contributed by atoms with Crippen LogP contribution in [0, 0.1) is 5.41 Å². The molecular formula is C20H30N2O4. The van der Waals surface area contributed by atoms with Crippen molar-refractivity contribution in [2.45, 2.75) is 31.7 Å². The van der Waals surface area contributed by atoms with Gasteiger partial charge in [0.25, 0.3) is 0 Å². The molecule has 0 saturated carbocycles. The molecule has 2 atom stereocenters. The number of aliphatic hydroxyl groups excluding tert-OH is 1. The topological polar surface area (TPSA) is 62.2 Å². The minimum absolute atomic E-state index is 0.0540. The number of hydrogen-bond donors (Lipinski definition) is 1. The number of rotatable bonds is 5. The van der Waals surface area contributed by atoms with Gasteiger partial charge in [-0.2, -0.15) is 0 Å². The van der Waals surface area contributed by atoms with E-state index in [2.05, 4.69) is 11.9 Å². The lowest BCUT2D eigenvalue weighted by Crippen LogP contribution is -2.62. The van der Waals surface area contributed by atoms with E-state index in [1.807, 2.05) is 23.1 Å². The minimum atomic E-state index is -0.0540. The number of fused-ring (bicyclic) bond motifs is 1. The Balaban J connectivity index is 1.71. The largest absolute Gasteiger partial charge is 0.497 e. The number of likely N-dealkylation sites (N-methyl/N-ethyl adjacent to an activating group) is 1. The van der Waals surface area contributed by atoms with E-state index in [4.69, 9.17) is 9.47 Å². The maximum absolute atomic E-state index is 12.9. The molecule has 3 rings (SSSR count). The van der Waals surface area contributed by atoms with E-state index in [1.54, 1.807) is 14.2 Å². The van der Waals surface area contributed by atoms with Crippen molar-refractivity contribution in [1.29, 1.82) is 0 Å². The highest BCUT2D eigenvalue weighted by Crippen LogP contribution is 2.41. The molecule has 1 aromatic carbocycles. The van der Waals surface area contributed by atoms with E-state index >= 15 is 0 Å². The summed E-state index contributed by atoms with van der Waals surface area (Å²) >= 11 is 0. The third-order valence-electron chi connectivity index (χ3n) is 6.20. The zero-order valence-electron chi connectivity index (χ0n) is 16.0. The summed E-state index contributed by atoms with van der Waals surface area (Å²) in [7, 11) is 5.33. The highest BCUT2D eigenvalue weighted by atomic mass is 16.5. The SMILES string of the molecule is COc1ccc(CC(=O)N2CC[C@@]3(CO)CCCN(C)[C@@H]3C2)c(OC)c1. The summed E-state index contributed by atoms with van der Waals surface area (Å²) in [4.78, 5) is 17.2. The Hall–Kier alpha value is -1.79. The number of amides is 1. The second kappa shape index (κ2) is 7.84. The zero-order chi connectivity index (χ0) is 18.7. The van der Waals surface area contributed by atoms with Crippen LogP contribution < -0.4 is 9.47 Å².